The highest BCUT2D eigenvalue weighted by Gasteiger charge is 2.28. The number of carbonyl (C=O) groups is 1. The maximum atomic E-state index is 11.8. The van der Waals surface area contributed by atoms with Gasteiger partial charge in [0.2, 0.25) is 0 Å². The van der Waals surface area contributed by atoms with Gasteiger partial charge in [-0.3, -0.25) is 4.90 Å². The van der Waals surface area contributed by atoms with Gasteiger partial charge in [-0.2, -0.15) is 5.26 Å². The molecule has 0 saturated carbocycles. The summed E-state index contributed by atoms with van der Waals surface area (Å²) in [6.45, 7) is 5.60. The summed E-state index contributed by atoms with van der Waals surface area (Å²) in [6, 6.07) is 7.78. The number of pyridine rings is 1. The first-order valence-electron chi connectivity index (χ1n) is 10.7. The molecule has 2 aliphatic rings. The summed E-state index contributed by atoms with van der Waals surface area (Å²) < 4.78 is 12.0. The SMILES string of the molecule is COc1cc(-n2cc(CN3CCN[C@H](c4ccc5c(c4C)COC5=O)C3)nn2)ncc1C#N. The highest BCUT2D eigenvalue weighted by atomic mass is 16.5. The van der Waals surface area contributed by atoms with Crippen molar-refractivity contribution >= 4 is 5.97 Å². The van der Waals surface area contributed by atoms with Crippen molar-refractivity contribution < 1.29 is 14.3 Å². The molecule has 2 aromatic heterocycles. The molecule has 0 radical (unpaired) electrons. The summed E-state index contributed by atoms with van der Waals surface area (Å²) in [6.07, 6.45) is 3.31. The first-order chi connectivity index (χ1) is 16.1. The number of aromatic nitrogens is 4. The van der Waals surface area contributed by atoms with Crippen molar-refractivity contribution in [3.05, 3.63) is 64.1 Å². The Balaban J connectivity index is 1.30. The Labute approximate surface area is 190 Å². The van der Waals surface area contributed by atoms with Crippen LogP contribution >= 0.6 is 0 Å². The highest BCUT2D eigenvalue weighted by molar-refractivity contribution is 5.94. The van der Waals surface area contributed by atoms with Gasteiger partial charge in [0, 0.05) is 43.9 Å². The number of cyclic esters (lactones) is 1. The van der Waals surface area contributed by atoms with Crippen LogP contribution in [0.1, 0.15) is 44.3 Å². The van der Waals surface area contributed by atoms with E-state index in [2.05, 4.69) is 38.5 Å². The Morgan fingerprint density at radius 2 is 2.27 bits per heavy atom. The molecule has 1 N–H and O–H groups in total. The van der Waals surface area contributed by atoms with E-state index in [0.29, 0.717) is 35.8 Å². The number of fused-ring (bicyclic) bond motifs is 1. The Bertz CT molecular complexity index is 1260. The molecule has 5 rings (SSSR count). The van der Waals surface area contributed by atoms with Gasteiger partial charge in [-0.05, 0) is 24.1 Å². The zero-order chi connectivity index (χ0) is 22.9. The largest absolute Gasteiger partial charge is 0.495 e. The van der Waals surface area contributed by atoms with Gasteiger partial charge in [0.15, 0.2) is 5.82 Å². The number of hydrogen-bond donors (Lipinski definition) is 1. The predicted octanol–water partition coefficient (Wildman–Crippen LogP) is 1.67. The number of methoxy groups -OCH3 is 1. The fourth-order valence-electron chi connectivity index (χ4n) is 4.42. The summed E-state index contributed by atoms with van der Waals surface area (Å²) >= 11 is 0. The van der Waals surface area contributed by atoms with Crippen LogP contribution in [-0.4, -0.2) is 57.6 Å². The van der Waals surface area contributed by atoms with Crippen molar-refractivity contribution in [2.24, 2.45) is 0 Å². The maximum absolute atomic E-state index is 11.8. The first-order valence-corrected chi connectivity index (χ1v) is 10.7. The maximum Gasteiger partial charge on any atom is 0.338 e. The summed E-state index contributed by atoms with van der Waals surface area (Å²) in [5.41, 5.74) is 5.16. The topological polar surface area (TPSA) is 118 Å². The molecule has 1 fully saturated rings. The molecule has 0 spiro atoms. The zero-order valence-corrected chi connectivity index (χ0v) is 18.4. The lowest BCUT2D eigenvalue weighted by Crippen LogP contribution is -2.45. The van der Waals surface area contributed by atoms with Crippen molar-refractivity contribution in [1.29, 1.82) is 5.26 Å². The van der Waals surface area contributed by atoms with E-state index in [9.17, 15) is 4.79 Å². The molecular formula is C23H23N7O3. The third-order valence-corrected chi connectivity index (χ3v) is 6.20. The van der Waals surface area contributed by atoms with Crippen molar-refractivity contribution in [3.8, 4) is 17.6 Å². The quantitative estimate of drug-likeness (QED) is 0.585. The van der Waals surface area contributed by atoms with Gasteiger partial charge < -0.3 is 14.8 Å². The molecule has 1 atom stereocenters. The smallest absolute Gasteiger partial charge is 0.338 e. The lowest BCUT2D eigenvalue weighted by molar-refractivity contribution is 0.0535. The number of nitriles is 1. The Morgan fingerprint density at radius 1 is 1.39 bits per heavy atom. The van der Waals surface area contributed by atoms with Crippen LogP contribution in [0, 0.1) is 18.3 Å². The summed E-state index contributed by atoms with van der Waals surface area (Å²) in [5, 5.41) is 21.2. The molecule has 10 nitrogen and oxygen atoms in total. The van der Waals surface area contributed by atoms with E-state index in [1.54, 1.807) is 10.7 Å². The molecular weight excluding hydrogens is 422 g/mol. The van der Waals surface area contributed by atoms with Gasteiger partial charge >= 0.3 is 5.97 Å². The number of nitrogens with zero attached hydrogens (tertiary/aromatic N) is 6. The number of esters is 1. The minimum atomic E-state index is -0.240. The van der Waals surface area contributed by atoms with Crippen LogP contribution in [0.15, 0.2) is 30.6 Å². The minimum absolute atomic E-state index is 0.152. The second-order valence-corrected chi connectivity index (χ2v) is 8.13. The standard InChI is InChI=1S/C23H23N7O3/c1-14-17(3-4-18-19(14)13-33-23(18)31)20-12-29(6-5-25-20)10-16-11-30(28-27-16)22-7-21(32-2)15(8-24)9-26-22/h3-4,7,9,11,20,25H,5-6,10,12-13H2,1-2H3/t20-/m0/s1. The fraction of sp³-hybridized carbons (Fsp3) is 0.348. The van der Waals surface area contributed by atoms with Crippen LogP contribution in [-0.2, 0) is 17.9 Å². The fourth-order valence-corrected chi connectivity index (χ4v) is 4.42. The lowest BCUT2D eigenvalue weighted by atomic mass is 9.93. The van der Waals surface area contributed by atoms with Gasteiger partial charge in [0.25, 0.3) is 0 Å². The van der Waals surface area contributed by atoms with E-state index >= 15 is 0 Å². The molecule has 168 valence electrons. The number of ether oxygens (including phenoxy) is 2. The molecule has 3 aromatic rings. The number of carbonyl (C=O) groups excluding carboxylic acids is 1. The average Bonchev–Trinajstić information content (AvgIpc) is 3.46. The van der Waals surface area contributed by atoms with Crippen LogP contribution in [0.25, 0.3) is 5.82 Å². The van der Waals surface area contributed by atoms with E-state index < -0.39 is 0 Å². The summed E-state index contributed by atoms with van der Waals surface area (Å²) in [4.78, 5) is 18.5. The lowest BCUT2D eigenvalue weighted by Gasteiger charge is -2.34. The molecule has 2 aliphatic heterocycles. The molecule has 0 bridgehead atoms. The summed E-state index contributed by atoms with van der Waals surface area (Å²) in [5.74, 6) is 0.741. The van der Waals surface area contributed by atoms with Crippen molar-refractivity contribution in [3.63, 3.8) is 0 Å². The van der Waals surface area contributed by atoms with E-state index in [4.69, 9.17) is 14.7 Å². The molecule has 33 heavy (non-hydrogen) atoms. The van der Waals surface area contributed by atoms with Crippen molar-refractivity contribution in [2.45, 2.75) is 26.1 Å². The molecule has 0 unspecified atom stereocenters. The number of rotatable bonds is 5. The first kappa shape index (κ1) is 21.1. The van der Waals surface area contributed by atoms with E-state index in [0.717, 1.165) is 36.5 Å². The average molecular weight is 445 g/mol. The van der Waals surface area contributed by atoms with Gasteiger partial charge in [0.1, 0.15) is 24.0 Å². The van der Waals surface area contributed by atoms with Crippen LogP contribution in [0.5, 0.6) is 5.75 Å². The van der Waals surface area contributed by atoms with Crippen LogP contribution in [0.4, 0.5) is 0 Å². The highest BCUT2D eigenvalue weighted by Crippen LogP contribution is 2.30. The normalized spacial score (nSPS) is 18.0. The Kier molecular flexibility index (Phi) is 5.50. The van der Waals surface area contributed by atoms with Crippen LogP contribution < -0.4 is 10.1 Å². The number of benzene rings is 1. The second-order valence-electron chi connectivity index (χ2n) is 8.13. The third-order valence-electron chi connectivity index (χ3n) is 6.20. The van der Waals surface area contributed by atoms with Crippen molar-refractivity contribution in [1.82, 2.24) is 30.2 Å². The van der Waals surface area contributed by atoms with E-state index in [-0.39, 0.29) is 12.0 Å². The van der Waals surface area contributed by atoms with Crippen LogP contribution in [0.2, 0.25) is 0 Å². The number of nitrogens with one attached hydrogen (secondary N) is 1. The molecule has 10 heteroatoms. The van der Waals surface area contributed by atoms with Crippen LogP contribution in [0.3, 0.4) is 0 Å². The van der Waals surface area contributed by atoms with Gasteiger partial charge in [-0.25, -0.2) is 14.5 Å². The zero-order valence-electron chi connectivity index (χ0n) is 18.4. The number of piperazine rings is 1. The second kappa shape index (κ2) is 8.61. The third kappa shape index (κ3) is 3.92. The molecule has 4 heterocycles. The molecule has 0 amide bonds. The monoisotopic (exact) mass is 445 g/mol. The molecule has 1 aromatic carbocycles. The van der Waals surface area contributed by atoms with E-state index in [1.807, 2.05) is 18.3 Å². The van der Waals surface area contributed by atoms with Gasteiger partial charge in [0.05, 0.1) is 30.8 Å². The predicted molar refractivity (Wildman–Crippen MR) is 117 cm³/mol. The number of hydrogen-bond acceptors (Lipinski definition) is 9. The Morgan fingerprint density at radius 3 is 3.09 bits per heavy atom. The van der Waals surface area contributed by atoms with Gasteiger partial charge in [-0.15, -0.1) is 5.10 Å². The van der Waals surface area contributed by atoms with Crippen molar-refractivity contribution in [2.75, 3.05) is 26.7 Å². The Hall–Kier alpha value is -3.81. The molecule has 1 saturated heterocycles. The van der Waals surface area contributed by atoms with E-state index in [1.165, 1.54) is 18.9 Å². The van der Waals surface area contributed by atoms with Gasteiger partial charge in [-0.1, -0.05) is 11.3 Å². The minimum Gasteiger partial charge on any atom is -0.495 e. The molecule has 0 aliphatic carbocycles. The summed E-state index contributed by atoms with van der Waals surface area (Å²) in [7, 11) is 1.52.